The lowest BCUT2D eigenvalue weighted by Crippen LogP contribution is -2.44. The summed E-state index contributed by atoms with van der Waals surface area (Å²) >= 11 is 0. The van der Waals surface area contributed by atoms with Gasteiger partial charge in [0, 0.05) is 12.8 Å². The molecule has 0 N–H and O–H groups in total. The van der Waals surface area contributed by atoms with Gasteiger partial charge in [-0.3, -0.25) is 9.59 Å². The number of carbonyl (C=O) groups is 3. The van der Waals surface area contributed by atoms with Gasteiger partial charge in [-0.25, -0.2) is 0 Å². The second kappa shape index (κ2) is 54.2. The van der Waals surface area contributed by atoms with Crippen molar-refractivity contribution < 1.29 is 42.9 Å². The van der Waals surface area contributed by atoms with Crippen LogP contribution in [0.5, 0.6) is 0 Å². The number of carboxylic acid groups (broad SMARTS) is 1. The molecule has 2 unspecified atom stereocenters. The lowest BCUT2D eigenvalue weighted by Gasteiger charge is -2.26. The Hall–Kier alpha value is -4.05. The highest BCUT2D eigenvalue weighted by Crippen LogP contribution is 2.15. The van der Waals surface area contributed by atoms with Crippen molar-refractivity contribution in [3.63, 3.8) is 0 Å². The number of carboxylic acids is 1. The molecular weight excluding hydrogens is 911 g/mol. The van der Waals surface area contributed by atoms with Crippen LogP contribution >= 0.6 is 0 Å². The van der Waals surface area contributed by atoms with E-state index in [4.69, 9.17) is 18.9 Å². The van der Waals surface area contributed by atoms with E-state index in [0.29, 0.717) is 17.4 Å². The zero-order chi connectivity index (χ0) is 53.4. The summed E-state index contributed by atoms with van der Waals surface area (Å²) in [7, 11) is 5.91. The van der Waals surface area contributed by atoms with Gasteiger partial charge in [-0.15, -0.1) is 0 Å². The number of likely N-dealkylation sites (N-methyl/N-ethyl adjacent to an activating group) is 1. The molecule has 0 bridgehead atoms. The van der Waals surface area contributed by atoms with E-state index in [1.807, 2.05) is 21.1 Å². The lowest BCUT2D eigenvalue weighted by molar-refractivity contribution is -0.870. The van der Waals surface area contributed by atoms with Gasteiger partial charge in [-0.1, -0.05) is 213 Å². The van der Waals surface area contributed by atoms with Crippen molar-refractivity contribution in [3.8, 4) is 0 Å². The molecule has 0 aliphatic rings. The van der Waals surface area contributed by atoms with Crippen molar-refractivity contribution in [1.82, 2.24) is 0 Å². The molecule has 73 heavy (non-hydrogen) atoms. The smallest absolute Gasteiger partial charge is 0.306 e. The van der Waals surface area contributed by atoms with Crippen LogP contribution in [0.4, 0.5) is 0 Å². The van der Waals surface area contributed by atoms with Gasteiger partial charge in [0.15, 0.2) is 12.4 Å². The average molecular weight is 1020 g/mol. The van der Waals surface area contributed by atoms with E-state index in [-0.39, 0.29) is 38.6 Å². The molecule has 0 aliphatic heterocycles. The quantitative estimate of drug-likeness (QED) is 0.0195. The number of rotatable bonds is 52. The molecule has 0 saturated carbocycles. The van der Waals surface area contributed by atoms with Crippen LogP contribution in [-0.4, -0.2) is 82.3 Å². The van der Waals surface area contributed by atoms with Gasteiger partial charge in [0.2, 0.25) is 0 Å². The van der Waals surface area contributed by atoms with Crippen molar-refractivity contribution in [2.24, 2.45) is 0 Å². The number of esters is 2. The summed E-state index contributed by atoms with van der Waals surface area (Å²) in [6.07, 6.45) is 71.3. The highest BCUT2D eigenvalue weighted by molar-refractivity contribution is 5.70. The molecule has 0 spiro atoms. The molecule has 0 amide bonds. The van der Waals surface area contributed by atoms with Crippen LogP contribution in [0.3, 0.4) is 0 Å². The first kappa shape index (κ1) is 69.0. The highest BCUT2D eigenvalue weighted by atomic mass is 16.7. The first-order chi connectivity index (χ1) is 35.6. The van der Waals surface area contributed by atoms with E-state index in [2.05, 4.69) is 123 Å². The molecule has 0 aromatic carbocycles. The highest BCUT2D eigenvalue weighted by Gasteiger charge is 2.22. The van der Waals surface area contributed by atoms with Crippen molar-refractivity contribution in [3.05, 3.63) is 109 Å². The number of ether oxygens (including phenoxy) is 4. The predicted octanol–water partition coefficient (Wildman–Crippen LogP) is 15.8. The number of hydrogen-bond acceptors (Lipinski definition) is 8. The number of unbranched alkanes of at least 4 members (excludes halogenated alkanes) is 19. The molecule has 0 saturated heterocycles. The minimum atomic E-state index is -1.63. The van der Waals surface area contributed by atoms with Crippen LogP contribution in [0.15, 0.2) is 109 Å². The first-order valence-electron chi connectivity index (χ1n) is 29.0. The Morgan fingerprint density at radius 3 is 1.16 bits per heavy atom. The largest absolute Gasteiger partial charge is 0.545 e. The minimum Gasteiger partial charge on any atom is -0.545 e. The zero-order valence-corrected chi connectivity index (χ0v) is 47.2. The number of hydrogen-bond donors (Lipinski definition) is 0. The van der Waals surface area contributed by atoms with Gasteiger partial charge in [0.1, 0.15) is 13.2 Å². The van der Waals surface area contributed by atoms with Crippen molar-refractivity contribution >= 4 is 17.9 Å². The molecule has 0 heterocycles. The fraction of sp³-hybridized carbons (Fsp3) is 0.672. The summed E-state index contributed by atoms with van der Waals surface area (Å²) in [6, 6.07) is 0. The summed E-state index contributed by atoms with van der Waals surface area (Å²) in [5.41, 5.74) is 0. The SMILES string of the molecule is CC/C=C\C/C=C\C/C=C\C/C=C\C/C=C\C/C=C\CCCCCCCCCCCCC(=O)OC(COC(=O)CCCCCCCC/C=C\C/C=C\C/C=C\CCCCC)COC(OCC[N+](C)(C)C)C(=O)[O-]. The summed E-state index contributed by atoms with van der Waals surface area (Å²) in [5, 5.41) is 11.8. The minimum absolute atomic E-state index is 0.139. The van der Waals surface area contributed by atoms with E-state index in [9.17, 15) is 19.5 Å². The summed E-state index contributed by atoms with van der Waals surface area (Å²) < 4.78 is 22.7. The molecule has 0 aromatic heterocycles. The third kappa shape index (κ3) is 55.5. The maximum Gasteiger partial charge on any atom is 0.306 e. The molecule has 0 aliphatic carbocycles. The maximum absolute atomic E-state index is 12.9. The molecule has 9 heteroatoms. The third-order valence-electron chi connectivity index (χ3n) is 12.0. The van der Waals surface area contributed by atoms with Gasteiger partial charge in [0.25, 0.3) is 0 Å². The molecule has 0 aromatic rings. The number of allylic oxidation sites excluding steroid dienone is 18. The van der Waals surface area contributed by atoms with Crippen molar-refractivity contribution in [1.29, 1.82) is 0 Å². The molecule has 9 nitrogen and oxygen atoms in total. The Bertz CT molecular complexity index is 1560. The molecule has 0 fully saturated rings. The molecule has 0 rings (SSSR count). The van der Waals surface area contributed by atoms with Crippen LogP contribution < -0.4 is 5.11 Å². The predicted molar refractivity (Wildman–Crippen MR) is 306 cm³/mol. The average Bonchev–Trinajstić information content (AvgIpc) is 3.36. The Kier molecular flexibility index (Phi) is 51.2. The van der Waals surface area contributed by atoms with Gasteiger partial charge >= 0.3 is 11.9 Å². The maximum atomic E-state index is 12.9. The Labute approximate surface area is 447 Å². The number of nitrogens with zero attached hydrogens (tertiary/aromatic N) is 1. The summed E-state index contributed by atoms with van der Waals surface area (Å²) in [5.74, 6) is -2.31. The fourth-order valence-corrected chi connectivity index (χ4v) is 7.55. The van der Waals surface area contributed by atoms with Gasteiger partial charge in [-0.2, -0.15) is 0 Å². The summed E-state index contributed by atoms with van der Waals surface area (Å²) in [4.78, 5) is 37.3. The van der Waals surface area contributed by atoms with Crippen molar-refractivity contribution in [2.45, 2.75) is 232 Å². The van der Waals surface area contributed by atoms with Gasteiger partial charge in [0.05, 0.1) is 40.3 Å². The Morgan fingerprint density at radius 1 is 0.425 bits per heavy atom. The van der Waals surface area contributed by atoms with Crippen LogP contribution in [0.2, 0.25) is 0 Å². The van der Waals surface area contributed by atoms with Crippen molar-refractivity contribution in [2.75, 3.05) is 47.5 Å². The second-order valence-electron chi connectivity index (χ2n) is 20.2. The van der Waals surface area contributed by atoms with E-state index in [1.165, 1.54) is 77.0 Å². The lowest BCUT2D eigenvalue weighted by atomic mass is 10.0. The van der Waals surface area contributed by atoms with E-state index >= 15 is 0 Å². The standard InChI is InChI=1S/C64H107NO8/c1-6-8-10-12-14-16-18-20-22-24-26-27-28-29-30-31-32-33-34-35-37-39-41-43-45-47-49-51-53-55-62(67)73-60(59-72-64(63(68)69)70-57-56-65(3,4)5)58-71-61(66)54-52-50-48-46-44-42-40-38-36-25-23-21-19-17-15-13-11-9-7-2/h8,10,14-17,20-23,26-27,29-30,32-33,36,38,60,64H,6-7,9,11-13,18-19,24-25,28,31,34-35,37,39-59H2,1-5H3/b10-8-,16-14-,17-15-,22-20-,23-21-,27-26-,30-29-,33-32-,38-36-. The monoisotopic (exact) mass is 1020 g/mol. The van der Waals surface area contributed by atoms with Crippen LogP contribution in [-0.2, 0) is 33.3 Å². The van der Waals surface area contributed by atoms with E-state index in [0.717, 1.165) is 109 Å². The van der Waals surface area contributed by atoms with Gasteiger partial charge in [-0.05, 0) is 103 Å². The molecule has 416 valence electrons. The normalized spacial score (nSPS) is 13.6. The van der Waals surface area contributed by atoms with Crippen LogP contribution in [0.1, 0.15) is 219 Å². The number of quaternary nitrogens is 1. The summed E-state index contributed by atoms with van der Waals surface area (Å²) in [6.45, 7) is 4.58. The third-order valence-corrected chi connectivity index (χ3v) is 12.0. The van der Waals surface area contributed by atoms with Gasteiger partial charge < -0.3 is 33.3 Å². The number of carbonyl (C=O) groups excluding carboxylic acids is 3. The van der Waals surface area contributed by atoms with Crippen LogP contribution in [0, 0.1) is 0 Å². The van der Waals surface area contributed by atoms with E-state index in [1.54, 1.807) is 0 Å². The first-order valence-corrected chi connectivity index (χ1v) is 29.0. The second-order valence-corrected chi connectivity index (χ2v) is 20.2. The van der Waals surface area contributed by atoms with Crippen LogP contribution in [0.25, 0.3) is 0 Å². The molecule has 0 radical (unpaired) electrons. The zero-order valence-electron chi connectivity index (χ0n) is 47.2. The molecule has 2 atom stereocenters. The van der Waals surface area contributed by atoms with E-state index < -0.39 is 24.3 Å². The number of aliphatic carboxylic acids is 1. The Balaban J connectivity index is 4.29. The molecular formula is C64H107NO8. The Morgan fingerprint density at radius 2 is 0.781 bits per heavy atom. The topological polar surface area (TPSA) is 111 Å². The fourth-order valence-electron chi connectivity index (χ4n) is 7.55.